The lowest BCUT2D eigenvalue weighted by atomic mass is 10.3. The molecule has 2 heterocycles. The zero-order chi connectivity index (χ0) is 13.8. The van der Waals surface area contributed by atoms with Gasteiger partial charge >= 0.3 is 5.97 Å². The van der Waals surface area contributed by atoms with Gasteiger partial charge in [0.25, 0.3) is 0 Å². The van der Waals surface area contributed by atoms with Crippen molar-refractivity contribution in [3.05, 3.63) is 12.2 Å². The molecule has 0 aromatic rings. The number of hydrogen-bond donors (Lipinski definition) is 1. The largest absolute Gasteiger partial charge is 0.479 e. The highest BCUT2D eigenvalue weighted by Crippen LogP contribution is 2.11. The molecule has 1 atom stereocenters. The highest BCUT2D eigenvalue weighted by atomic mass is 16.4. The molecule has 6 nitrogen and oxygen atoms in total. The maximum atomic E-state index is 12.2. The Bertz CT molecular complexity index is 383. The average Bonchev–Trinajstić information content (AvgIpc) is 2.77. The molecular weight excluding hydrogens is 246 g/mol. The lowest BCUT2D eigenvalue weighted by Gasteiger charge is -2.26. The fourth-order valence-electron chi connectivity index (χ4n) is 2.53. The Hall–Kier alpha value is -1.40. The Morgan fingerprint density at radius 2 is 2.05 bits per heavy atom. The molecule has 19 heavy (non-hydrogen) atoms. The molecule has 0 aromatic carbocycles. The molecule has 1 unspecified atom stereocenters. The second kappa shape index (κ2) is 6.16. The molecule has 0 saturated carbocycles. The molecule has 0 bridgehead atoms. The summed E-state index contributed by atoms with van der Waals surface area (Å²) in [6.45, 7) is 4.49. The standard InChI is InChI=1S/C13H21N3O3/c1-14-5-3-6-15(9-8-14)10-12(17)16-7-2-4-11(16)13(18)19/h2,4,11H,3,5-10H2,1H3,(H,18,19). The maximum absolute atomic E-state index is 12.2. The fourth-order valence-corrected chi connectivity index (χ4v) is 2.53. The lowest BCUT2D eigenvalue weighted by molar-refractivity contribution is -0.147. The van der Waals surface area contributed by atoms with Gasteiger partial charge in [-0.05, 0) is 26.6 Å². The third kappa shape index (κ3) is 3.54. The molecule has 1 amide bonds. The first kappa shape index (κ1) is 14.0. The van der Waals surface area contributed by atoms with Crippen molar-refractivity contribution >= 4 is 11.9 Å². The highest BCUT2D eigenvalue weighted by Gasteiger charge is 2.30. The fraction of sp³-hybridized carbons (Fsp3) is 0.692. The zero-order valence-corrected chi connectivity index (χ0v) is 11.3. The molecule has 0 spiro atoms. The first-order valence-corrected chi connectivity index (χ1v) is 6.68. The highest BCUT2D eigenvalue weighted by molar-refractivity contribution is 5.87. The van der Waals surface area contributed by atoms with Crippen LogP contribution in [-0.2, 0) is 9.59 Å². The molecule has 0 radical (unpaired) electrons. The van der Waals surface area contributed by atoms with E-state index in [0.29, 0.717) is 13.1 Å². The predicted molar refractivity (Wildman–Crippen MR) is 70.8 cm³/mol. The van der Waals surface area contributed by atoms with Crippen molar-refractivity contribution < 1.29 is 14.7 Å². The van der Waals surface area contributed by atoms with Crippen LogP contribution in [0.1, 0.15) is 6.42 Å². The van der Waals surface area contributed by atoms with Crippen LogP contribution in [0.15, 0.2) is 12.2 Å². The number of amides is 1. The maximum Gasteiger partial charge on any atom is 0.330 e. The number of carbonyl (C=O) groups is 2. The molecule has 0 aromatic heterocycles. The Kier molecular flexibility index (Phi) is 4.55. The van der Waals surface area contributed by atoms with Crippen LogP contribution in [0.25, 0.3) is 0 Å². The van der Waals surface area contributed by atoms with Crippen molar-refractivity contribution in [2.24, 2.45) is 0 Å². The van der Waals surface area contributed by atoms with Gasteiger partial charge in [-0.15, -0.1) is 0 Å². The van der Waals surface area contributed by atoms with E-state index < -0.39 is 12.0 Å². The Labute approximate surface area is 113 Å². The summed E-state index contributed by atoms with van der Waals surface area (Å²) in [6.07, 6.45) is 4.37. The number of likely N-dealkylation sites (N-methyl/N-ethyl adjacent to an activating group) is 1. The smallest absolute Gasteiger partial charge is 0.330 e. The number of nitrogens with zero attached hydrogens (tertiary/aromatic N) is 3. The van der Waals surface area contributed by atoms with E-state index in [9.17, 15) is 9.59 Å². The zero-order valence-electron chi connectivity index (χ0n) is 11.3. The number of carboxylic acids is 1. The van der Waals surface area contributed by atoms with Crippen LogP contribution < -0.4 is 0 Å². The van der Waals surface area contributed by atoms with Crippen molar-refractivity contribution in [3.8, 4) is 0 Å². The first-order valence-electron chi connectivity index (χ1n) is 6.68. The van der Waals surface area contributed by atoms with Crippen LogP contribution in [0.5, 0.6) is 0 Å². The molecule has 1 N–H and O–H groups in total. The Balaban J connectivity index is 1.88. The monoisotopic (exact) mass is 267 g/mol. The van der Waals surface area contributed by atoms with Gasteiger partial charge in [-0.2, -0.15) is 0 Å². The molecule has 106 valence electrons. The summed E-state index contributed by atoms with van der Waals surface area (Å²) in [5.74, 6) is -1.06. The van der Waals surface area contributed by atoms with Gasteiger partial charge in [-0.1, -0.05) is 12.2 Å². The van der Waals surface area contributed by atoms with E-state index in [4.69, 9.17) is 5.11 Å². The van der Waals surface area contributed by atoms with Crippen LogP contribution >= 0.6 is 0 Å². The first-order chi connectivity index (χ1) is 9.08. The van der Waals surface area contributed by atoms with Crippen LogP contribution in [0.4, 0.5) is 0 Å². The number of hydrogen-bond acceptors (Lipinski definition) is 4. The minimum atomic E-state index is -0.960. The predicted octanol–water partition coefficient (Wildman–Crippen LogP) is -0.524. The second-order valence-electron chi connectivity index (χ2n) is 5.19. The number of aliphatic carboxylic acids is 1. The summed E-state index contributed by atoms with van der Waals surface area (Å²) >= 11 is 0. The molecule has 6 heteroatoms. The molecule has 2 rings (SSSR count). The van der Waals surface area contributed by atoms with Gasteiger partial charge in [0.05, 0.1) is 6.54 Å². The van der Waals surface area contributed by atoms with E-state index in [0.717, 1.165) is 32.6 Å². The summed E-state index contributed by atoms with van der Waals surface area (Å²) < 4.78 is 0. The van der Waals surface area contributed by atoms with Gasteiger partial charge in [0.1, 0.15) is 6.04 Å². The SMILES string of the molecule is CN1CCCN(CC(=O)N2CC=CC2C(=O)O)CC1. The van der Waals surface area contributed by atoms with Crippen LogP contribution in [-0.4, -0.2) is 84.0 Å². The van der Waals surface area contributed by atoms with Crippen molar-refractivity contribution in [1.82, 2.24) is 14.7 Å². The number of rotatable bonds is 3. The van der Waals surface area contributed by atoms with E-state index in [1.54, 1.807) is 12.2 Å². The van der Waals surface area contributed by atoms with E-state index in [1.807, 2.05) is 0 Å². The van der Waals surface area contributed by atoms with E-state index in [1.165, 1.54) is 4.90 Å². The van der Waals surface area contributed by atoms with Crippen molar-refractivity contribution in [3.63, 3.8) is 0 Å². The van der Waals surface area contributed by atoms with E-state index in [2.05, 4.69) is 16.8 Å². The van der Waals surface area contributed by atoms with E-state index >= 15 is 0 Å². The minimum Gasteiger partial charge on any atom is -0.479 e. The third-order valence-corrected chi connectivity index (χ3v) is 3.70. The van der Waals surface area contributed by atoms with Gasteiger partial charge in [0.15, 0.2) is 0 Å². The van der Waals surface area contributed by atoms with Gasteiger partial charge in [0, 0.05) is 19.6 Å². The number of carboxylic acid groups (broad SMARTS) is 1. The van der Waals surface area contributed by atoms with Crippen LogP contribution in [0, 0.1) is 0 Å². The van der Waals surface area contributed by atoms with E-state index in [-0.39, 0.29) is 5.91 Å². The Morgan fingerprint density at radius 1 is 1.26 bits per heavy atom. The summed E-state index contributed by atoms with van der Waals surface area (Å²) in [5, 5.41) is 9.05. The summed E-state index contributed by atoms with van der Waals surface area (Å²) in [4.78, 5) is 29.0. The molecular formula is C13H21N3O3. The van der Waals surface area contributed by atoms with Gasteiger partial charge in [0.2, 0.25) is 5.91 Å². The molecule has 0 aliphatic carbocycles. The molecule has 1 saturated heterocycles. The normalized spacial score (nSPS) is 25.5. The summed E-state index contributed by atoms with van der Waals surface area (Å²) in [6, 6.07) is -0.790. The quantitative estimate of drug-likeness (QED) is 0.697. The van der Waals surface area contributed by atoms with Gasteiger partial charge in [-0.25, -0.2) is 4.79 Å². The average molecular weight is 267 g/mol. The molecule has 1 fully saturated rings. The second-order valence-corrected chi connectivity index (χ2v) is 5.19. The molecule has 2 aliphatic rings. The van der Waals surface area contributed by atoms with Crippen LogP contribution in [0.3, 0.4) is 0 Å². The summed E-state index contributed by atoms with van der Waals surface area (Å²) in [5.41, 5.74) is 0. The van der Waals surface area contributed by atoms with Gasteiger partial charge in [-0.3, -0.25) is 9.69 Å². The molecule has 2 aliphatic heterocycles. The topological polar surface area (TPSA) is 64.1 Å². The Morgan fingerprint density at radius 3 is 2.79 bits per heavy atom. The lowest BCUT2D eigenvalue weighted by Crippen LogP contribution is -2.46. The third-order valence-electron chi connectivity index (χ3n) is 3.70. The van der Waals surface area contributed by atoms with Crippen molar-refractivity contribution in [2.45, 2.75) is 12.5 Å². The van der Waals surface area contributed by atoms with Crippen molar-refractivity contribution in [2.75, 3.05) is 46.3 Å². The van der Waals surface area contributed by atoms with Crippen molar-refractivity contribution in [1.29, 1.82) is 0 Å². The summed E-state index contributed by atoms with van der Waals surface area (Å²) in [7, 11) is 2.08. The minimum absolute atomic E-state index is 0.0954. The van der Waals surface area contributed by atoms with Crippen LogP contribution in [0.2, 0.25) is 0 Å². The van der Waals surface area contributed by atoms with Gasteiger partial charge < -0.3 is 14.9 Å². The number of carbonyl (C=O) groups excluding carboxylic acids is 1.